The summed E-state index contributed by atoms with van der Waals surface area (Å²) in [7, 11) is 1.42. The largest absolute Gasteiger partial charge is 0.493 e. The maximum atomic E-state index is 12.4. The summed E-state index contributed by atoms with van der Waals surface area (Å²) in [5.41, 5.74) is 6.59. The Morgan fingerprint density at radius 2 is 2.12 bits per heavy atom. The molecule has 7 nitrogen and oxygen atoms in total. The zero-order valence-corrected chi connectivity index (χ0v) is 15.0. The highest BCUT2D eigenvalue weighted by molar-refractivity contribution is 7.16. The number of hydrogen-bond donors (Lipinski definition) is 1. The van der Waals surface area contributed by atoms with Crippen LogP contribution in [0, 0.1) is 5.92 Å². The Kier molecular flexibility index (Phi) is 4.54. The predicted molar refractivity (Wildman–Crippen MR) is 97.3 cm³/mol. The lowest BCUT2D eigenvalue weighted by molar-refractivity contribution is -0.114. The second kappa shape index (κ2) is 6.64. The molecule has 1 aliphatic rings. The van der Waals surface area contributed by atoms with E-state index in [1.807, 2.05) is 0 Å². The molecule has 0 saturated heterocycles. The number of rotatable bonds is 4. The third-order valence-corrected chi connectivity index (χ3v) is 4.55. The van der Waals surface area contributed by atoms with Crippen LogP contribution in [0.25, 0.3) is 11.0 Å². The maximum Gasteiger partial charge on any atom is 0.283 e. The zero-order valence-electron chi connectivity index (χ0n) is 14.1. The van der Waals surface area contributed by atoms with Gasteiger partial charge in [-0.15, -0.1) is 0 Å². The van der Waals surface area contributed by atoms with Crippen molar-refractivity contribution in [3.63, 3.8) is 0 Å². The Bertz CT molecular complexity index is 995. The fourth-order valence-corrected chi connectivity index (χ4v) is 3.53. The van der Waals surface area contributed by atoms with Crippen molar-refractivity contribution in [2.45, 2.75) is 20.3 Å². The minimum absolute atomic E-state index is 0.203. The number of aromatic nitrogens is 3. The van der Waals surface area contributed by atoms with Gasteiger partial charge in [-0.2, -0.15) is 14.6 Å². The number of hydrogen-bond acceptors (Lipinski definition) is 7. The summed E-state index contributed by atoms with van der Waals surface area (Å²) in [5.74, 6) is 0.648. The van der Waals surface area contributed by atoms with Crippen LogP contribution in [-0.2, 0) is 16.0 Å². The van der Waals surface area contributed by atoms with Crippen LogP contribution in [0.5, 0.6) is 0 Å². The van der Waals surface area contributed by atoms with Crippen molar-refractivity contribution >= 4 is 34.0 Å². The fraction of sp³-hybridized carbons (Fsp3) is 0.294. The van der Waals surface area contributed by atoms with E-state index in [4.69, 9.17) is 10.5 Å². The summed E-state index contributed by atoms with van der Waals surface area (Å²) in [4.78, 5) is 28.5. The molecule has 130 valence electrons. The lowest BCUT2D eigenvalue weighted by Crippen LogP contribution is -2.17. The molecule has 0 saturated carbocycles. The molecule has 3 rings (SSSR count). The fourth-order valence-electron chi connectivity index (χ4n) is 2.43. The van der Waals surface area contributed by atoms with Gasteiger partial charge >= 0.3 is 0 Å². The van der Waals surface area contributed by atoms with Crippen LogP contribution in [0.3, 0.4) is 0 Å². The number of anilines is 1. The van der Waals surface area contributed by atoms with Gasteiger partial charge in [-0.1, -0.05) is 31.3 Å². The van der Waals surface area contributed by atoms with E-state index >= 15 is 0 Å². The van der Waals surface area contributed by atoms with Crippen molar-refractivity contribution < 1.29 is 9.53 Å². The zero-order chi connectivity index (χ0) is 18.1. The van der Waals surface area contributed by atoms with Gasteiger partial charge in [0.05, 0.1) is 12.7 Å². The molecule has 0 unspecified atom stereocenters. The monoisotopic (exact) mass is 358 g/mol. The highest BCUT2D eigenvalue weighted by Crippen LogP contribution is 2.22. The predicted octanol–water partition coefficient (Wildman–Crippen LogP) is 1.98. The molecule has 0 aromatic carbocycles. The summed E-state index contributed by atoms with van der Waals surface area (Å²) in [6.07, 6.45) is 6.92. The number of nitrogens with two attached hydrogens (primary N) is 1. The second-order valence-electron chi connectivity index (χ2n) is 6.06. The Morgan fingerprint density at radius 1 is 1.36 bits per heavy atom. The first kappa shape index (κ1) is 17.1. The van der Waals surface area contributed by atoms with E-state index in [0.29, 0.717) is 16.5 Å². The summed E-state index contributed by atoms with van der Waals surface area (Å²) in [6.45, 7) is 4.19. The van der Waals surface area contributed by atoms with Gasteiger partial charge in [-0.25, -0.2) is 0 Å². The molecule has 2 aromatic heterocycles. The molecule has 0 atom stereocenters. The molecular weight excluding hydrogens is 340 g/mol. The van der Waals surface area contributed by atoms with Crippen LogP contribution < -0.4 is 11.3 Å². The van der Waals surface area contributed by atoms with Crippen LogP contribution in [0.4, 0.5) is 5.82 Å². The Balaban J connectivity index is 2.09. The lowest BCUT2D eigenvalue weighted by Gasteiger charge is -2.08. The molecule has 2 heterocycles. The molecule has 0 fully saturated rings. The number of carbonyl (C=O) groups is 1. The Hall–Kier alpha value is -2.74. The van der Waals surface area contributed by atoms with Crippen molar-refractivity contribution in [3.05, 3.63) is 50.5 Å². The molecule has 8 heteroatoms. The first-order valence-corrected chi connectivity index (χ1v) is 8.58. The Morgan fingerprint density at radius 3 is 2.80 bits per heavy atom. The molecule has 0 radical (unpaired) electrons. The van der Waals surface area contributed by atoms with E-state index in [0.717, 1.165) is 11.4 Å². The van der Waals surface area contributed by atoms with Crippen molar-refractivity contribution in [1.82, 2.24) is 14.6 Å². The minimum atomic E-state index is -0.428. The van der Waals surface area contributed by atoms with Gasteiger partial charge in [0.2, 0.25) is 10.7 Å². The number of carbonyl (C=O) groups excluding carboxylic acids is 1. The lowest BCUT2D eigenvalue weighted by atomic mass is 10.0. The molecule has 2 aromatic rings. The van der Waals surface area contributed by atoms with E-state index in [9.17, 15) is 9.59 Å². The van der Waals surface area contributed by atoms with Crippen LogP contribution in [-0.4, -0.2) is 27.5 Å². The van der Waals surface area contributed by atoms with Crippen LogP contribution in [0.1, 0.15) is 24.4 Å². The van der Waals surface area contributed by atoms with Gasteiger partial charge in [0.25, 0.3) is 5.56 Å². The first-order chi connectivity index (χ1) is 11.9. The van der Waals surface area contributed by atoms with Crippen LogP contribution in [0.15, 0.2) is 34.4 Å². The molecule has 0 spiro atoms. The average Bonchev–Trinajstić information content (AvgIpc) is 2.94. The van der Waals surface area contributed by atoms with Crippen molar-refractivity contribution in [2.24, 2.45) is 5.92 Å². The number of ether oxygens (including phenoxy) is 1. The molecule has 25 heavy (non-hydrogen) atoms. The van der Waals surface area contributed by atoms with Crippen molar-refractivity contribution in [2.75, 3.05) is 12.8 Å². The highest BCUT2D eigenvalue weighted by Gasteiger charge is 2.16. The smallest absolute Gasteiger partial charge is 0.283 e. The first-order valence-electron chi connectivity index (χ1n) is 7.77. The summed E-state index contributed by atoms with van der Waals surface area (Å²) >= 11 is 1.36. The quantitative estimate of drug-likeness (QED) is 0.897. The molecule has 2 N–H and O–H groups in total. The van der Waals surface area contributed by atoms with Gasteiger partial charge in [0.15, 0.2) is 5.76 Å². The number of nitrogen functional groups attached to an aromatic ring is 1. The number of fused-ring (bicyclic) bond motifs is 1. The molecule has 1 aliphatic carbocycles. The van der Waals surface area contributed by atoms with Crippen molar-refractivity contribution in [3.8, 4) is 0 Å². The summed E-state index contributed by atoms with van der Waals surface area (Å²) < 4.78 is 6.52. The number of nitrogens with zero attached hydrogens (tertiary/aromatic N) is 3. The second-order valence-corrected chi connectivity index (χ2v) is 7.10. The third-order valence-electron chi connectivity index (χ3n) is 3.62. The van der Waals surface area contributed by atoms with Gasteiger partial charge in [0, 0.05) is 6.42 Å². The summed E-state index contributed by atoms with van der Waals surface area (Å²) in [6, 6.07) is 0. The maximum absolute atomic E-state index is 12.4. The summed E-state index contributed by atoms with van der Waals surface area (Å²) in [5, 5.41) is 5.34. The minimum Gasteiger partial charge on any atom is -0.493 e. The standard InChI is InChI=1S/C17H18N4O3S/c1-9(2)6-14-20-21-15(18)11(16(23)19-17(21)25-14)7-10-4-5-12(22)13(8-10)24-3/h4-5,7-9H,6,18H2,1-3H3/b10-7+. The van der Waals surface area contributed by atoms with E-state index in [-0.39, 0.29) is 22.9 Å². The average molecular weight is 358 g/mol. The van der Waals surface area contributed by atoms with Crippen LogP contribution in [0.2, 0.25) is 0 Å². The number of allylic oxidation sites excluding steroid dienone is 4. The van der Waals surface area contributed by atoms with Gasteiger partial charge in [-0.05, 0) is 29.7 Å². The van der Waals surface area contributed by atoms with Gasteiger partial charge in [-0.3, -0.25) is 9.59 Å². The number of ketones is 1. The molecule has 0 aliphatic heterocycles. The molecule has 0 amide bonds. The van der Waals surface area contributed by atoms with E-state index in [1.54, 1.807) is 18.2 Å². The highest BCUT2D eigenvalue weighted by atomic mass is 32.1. The van der Waals surface area contributed by atoms with Crippen molar-refractivity contribution in [1.29, 1.82) is 0 Å². The third kappa shape index (κ3) is 3.39. The van der Waals surface area contributed by atoms with E-state index in [1.165, 1.54) is 29.0 Å². The van der Waals surface area contributed by atoms with Gasteiger partial charge < -0.3 is 10.5 Å². The SMILES string of the molecule is COC1=C/C(=C/c2c(N)n3nc(CC(C)C)sc3nc2=O)C=CC1=O. The Labute approximate surface area is 148 Å². The topological polar surface area (TPSA) is 99.6 Å². The van der Waals surface area contributed by atoms with Crippen LogP contribution >= 0.6 is 11.3 Å². The molecular formula is C17H18N4O3S. The number of methoxy groups -OCH3 is 1. The molecule has 0 bridgehead atoms. The van der Waals surface area contributed by atoms with Gasteiger partial charge in [0.1, 0.15) is 10.8 Å². The van der Waals surface area contributed by atoms with E-state index in [2.05, 4.69) is 23.9 Å². The normalized spacial score (nSPS) is 16.1. The van der Waals surface area contributed by atoms with E-state index < -0.39 is 5.56 Å².